The van der Waals surface area contributed by atoms with Crippen LogP contribution in [0.25, 0.3) is 0 Å². The number of aliphatic hydroxyl groups excluding tert-OH is 1. The maximum absolute atomic E-state index is 9.33. The van der Waals surface area contributed by atoms with E-state index in [1.807, 2.05) is 0 Å². The zero-order valence-electron chi connectivity index (χ0n) is 9.08. The van der Waals surface area contributed by atoms with Crippen LogP contribution in [0.3, 0.4) is 0 Å². The van der Waals surface area contributed by atoms with Gasteiger partial charge >= 0.3 is 0 Å². The Morgan fingerprint density at radius 2 is 1.86 bits per heavy atom. The van der Waals surface area contributed by atoms with Crippen LogP contribution >= 0.6 is 0 Å². The van der Waals surface area contributed by atoms with Gasteiger partial charge in [-0.25, -0.2) is 0 Å². The van der Waals surface area contributed by atoms with Crippen molar-refractivity contribution >= 4 is 0 Å². The number of nitrogens with one attached hydrogen (secondary N) is 1. The zero-order chi connectivity index (χ0) is 10.4. The Bertz CT molecular complexity index is 153. The van der Waals surface area contributed by atoms with Crippen molar-refractivity contribution in [2.75, 3.05) is 27.4 Å². The molecule has 0 atom stereocenters. The first-order valence-electron chi connectivity index (χ1n) is 5.18. The van der Waals surface area contributed by atoms with Gasteiger partial charge in [0.15, 0.2) is 6.29 Å². The lowest BCUT2D eigenvalue weighted by molar-refractivity contribution is -0.103. The Hall–Kier alpha value is -0.160. The van der Waals surface area contributed by atoms with E-state index in [2.05, 4.69) is 5.32 Å². The molecule has 1 saturated carbocycles. The average Bonchev–Trinajstić information content (AvgIpc) is 2.69. The van der Waals surface area contributed by atoms with Gasteiger partial charge in [-0.05, 0) is 12.8 Å². The molecule has 0 heterocycles. The second-order valence-electron chi connectivity index (χ2n) is 3.93. The highest BCUT2D eigenvalue weighted by Crippen LogP contribution is 2.28. The Labute approximate surface area is 85.6 Å². The highest BCUT2D eigenvalue weighted by molar-refractivity contribution is 4.92. The molecule has 0 radical (unpaired) electrons. The molecule has 0 saturated heterocycles. The average molecular weight is 203 g/mol. The van der Waals surface area contributed by atoms with Gasteiger partial charge in [0.25, 0.3) is 0 Å². The van der Waals surface area contributed by atoms with Gasteiger partial charge in [-0.1, -0.05) is 12.8 Å². The Morgan fingerprint density at radius 3 is 2.29 bits per heavy atom. The molecule has 0 aromatic carbocycles. The minimum Gasteiger partial charge on any atom is -0.394 e. The Balaban J connectivity index is 2.33. The largest absolute Gasteiger partial charge is 0.394 e. The minimum absolute atomic E-state index is 0.0880. The quantitative estimate of drug-likeness (QED) is 0.617. The molecule has 1 fully saturated rings. The highest BCUT2D eigenvalue weighted by Gasteiger charge is 2.33. The molecule has 0 unspecified atom stereocenters. The van der Waals surface area contributed by atoms with Crippen LogP contribution < -0.4 is 5.32 Å². The van der Waals surface area contributed by atoms with E-state index in [1.165, 1.54) is 12.8 Å². The summed E-state index contributed by atoms with van der Waals surface area (Å²) in [6.45, 7) is 0.834. The molecule has 0 bridgehead atoms. The smallest absolute Gasteiger partial charge is 0.169 e. The van der Waals surface area contributed by atoms with Gasteiger partial charge in [0.1, 0.15) is 0 Å². The molecule has 0 aliphatic heterocycles. The number of hydrogen-bond donors (Lipinski definition) is 2. The van der Waals surface area contributed by atoms with Gasteiger partial charge in [-0.15, -0.1) is 0 Å². The van der Waals surface area contributed by atoms with Crippen molar-refractivity contribution in [2.45, 2.75) is 37.5 Å². The molecule has 14 heavy (non-hydrogen) atoms. The summed E-state index contributed by atoms with van der Waals surface area (Å²) in [5, 5.41) is 12.7. The SMILES string of the molecule is COC(CNC1(CO)CCCC1)OC. The molecule has 1 rings (SSSR count). The second-order valence-corrected chi connectivity index (χ2v) is 3.93. The summed E-state index contributed by atoms with van der Waals surface area (Å²) in [5.41, 5.74) is -0.0880. The van der Waals surface area contributed by atoms with E-state index in [1.54, 1.807) is 14.2 Å². The third kappa shape index (κ3) is 2.92. The monoisotopic (exact) mass is 203 g/mol. The highest BCUT2D eigenvalue weighted by atomic mass is 16.7. The summed E-state index contributed by atoms with van der Waals surface area (Å²) in [6.07, 6.45) is 4.25. The molecule has 0 spiro atoms. The summed E-state index contributed by atoms with van der Waals surface area (Å²) in [4.78, 5) is 0. The second kappa shape index (κ2) is 5.66. The standard InChI is InChI=1S/C10H21NO3/c1-13-9(14-2)7-11-10(8-12)5-3-4-6-10/h9,11-12H,3-8H2,1-2H3. The van der Waals surface area contributed by atoms with Crippen LogP contribution in [0.2, 0.25) is 0 Å². The summed E-state index contributed by atoms with van der Waals surface area (Å²) in [6, 6.07) is 0. The molecule has 1 aliphatic carbocycles. The van der Waals surface area contributed by atoms with E-state index in [9.17, 15) is 5.11 Å². The maximum atomic E-state index is 9.33. The van der Waals surface area contributed by atoms with Crippen molar-refractivity contribution in [3.05, 3.63) is 0 Å². The van der Waals surface area contributed by atoms with Crippen molar-refractivity contribution in [3.8, 4) is 0 Å². The number of methoxy groups -OCH3 is 2. The zero-order valence-corrected chi connectivity index (χ0v) is 9.08. The molecule has 84 valence electrons. The molecule has 4 heteroatoms. The van der Waals surface area contributed by atoms with Crippen molar-refractivity contribution in [1.29, 1.82) is 0 Å². The van der Waals surface area contributed by atoms with E-state index in [4.69, 9.17) is 9.47 Å². The van der Waals surface area contributed by atoms with Gasteiger partial charge < -0.3 is 19.9 Å². The van der Waals surface area contributed by atoms with Gasteiger partial charge in [-0.3, -0.25) is 0 Å². The molecular weight excluding hydrogens is 182 g/mol. The third-order valence-corrected chi connectivity index (χ3v) is 3.03. The number of hydrogen-bond acceptors (Lipinski definition) is 4. The fraction of sp³-hybridized carbons (Fsp3) is 1.00. The molecule has 2 N–H and O–H groups in total. The topological polar surface area (TPSA) is 50.7 Å². The maximum Gasteiger partial charge on any atom is 0.169 e. The van der Waals surface area contributed by atoms with Crippen LogP contribution in [-0.4, -0.2) is 44.3 Å². The van der Waals surface area contributed by atoms with E-state index < -0.39 is 0 Å². The Morgan fingerprint density at radius 1 is 1.29 bits per heavy atom. The molecule has 0 aromatic rings. The first-order valence-corrected chi connectivity index (χ1v) is 5.18. The lowest BCUT2D eigenvalue weighted by Gasteiger charge is -2.29. The normalized spacial score (nSPS) is 20.6. The van der Waals surface area contributed by atoms with Crippen molar-refractivity contribution in [2.24, 2.45) is 0 Å². The molecule has 0 aromatic heterocycles. The van der Waals surface area contributed by atoms with Gasteiger partial charge in [-0.2, -0.15) is 0 Å². The lowest BCUT2D eigenvalue weighted by atomic mass is 9.99. The molecule has 0 amide bonds. The van der Waals surface area contributed by atoms with Crippen LogP contribution in [-0.2, 0) is 9.47 Å². The van der Waals surface area contributed by atoms with E-state index >= 15 is 0 Å². The summed E-state index contributed by atoms with van der Waals surface area (Å²) < 4.78 is 10.2. The van der Waals surface area contributed by atoms with Crippen molar-refractivity contribution in [3.63, 3.8) is 0 Å². The fourth-order valence-corrected chi connectivity index (χ4v) is 2.01. The fourth-order valence-electron chi connectivity index (χ4n) is 2.01. The minimum atomic E-state index is -0.223. The summed E-state index contributed by atoms with van der Waals surface area (Å²) in [5.74, 6) is 0. The molecular formula is C10H21NO3. The van der Waals surface area contributed by atoms with E-state index in [0.717, 1.165) is 12.8 Å². The lowest BCUT2D eigenvalue weighted by Crippen LogP contribution is -2.49. The summed E-state index contributed by atoms with van der Waals surface area (Å²) in [7, 11) is 3.24. The van der Waals surface area contributed by atoms with E-state index in [-0.39, 0.29) is 18.4 Å². The Kier molecular flexibility index (Phi) is 4.81. The van der Waals surface area contributed by atoms with Crippen LogP contribution in [0, 0.1) is 0 Å². The number of aliphatic hydroxyl groups is 1. The van der Waals surface area contributed by atoms with Crippen LogP contribution in [0.1, 0.15) is 25.7 Å². The first kappa shape index (κ1) is 11.9. The van der Waals surface area contributed by atoms with Crippen molar-refractivity contribution in [1.82, 2.24) is 5.32 Å². The van der Waals surface area contributed by atoms with Crippen LogP contribution in [0.5, 0.6) is 0 Å². The number of rotatable bonds is 6. The third-order valence-electron chi connectivity index (χ3n) is 3.03. The van der Waals surface area contributed by atoms with Crippen LogP contribution in [0.4, 0.5) is 0 Å². The predicted octanol–water partition coefficient (Wildman–Crippen LogP) is 0.500. The van der Waals surface area contributed by atoms with Gasteiger partial charge in [0.05, 0.1) is 6.61 Å². The van der Waals surface area contributed by atoms with Gasteiger partial charge in [0, 0.05) is 26.3 Å². The van der Waals surface area contributed by atoms with Gasteiger partial charge in [0.2, 0.25) is 0 Å². The predicted molar refractivity (Wildman–Crippen MR) is 54.1 cm³/mol. The molecule has 4 nitrogen and oxygen atoms in total. The number of ether oxygens (including phenoxy) is 2. The molecule has 1 aliphatic rings. The summed E-state index contributed by atoms with van der Waals surface area (Å²) >= 11 is 0. The van der Waals surface area contributed by atoms with E-state index in [0.29, 0.717) is 6.54 Å². The first-order chi connectivity index (χ1) is 6.76. The van der Waals surface area contributed by atoms with Crippen molar-refractivity contribution < 1.29 is 14.6 Å². The van der Waals surface area contributed by atoms with Crippen LogP contribution in [0.15, 0.2) is 0 Å².